The molecule has 1 atom stereocenters. The van der Waals surface area contributed by atoms with Gasteiger partial charge in [0.1, 0.15) is 5.75 Å². The summed E-state index contributed by atoms with van der Waals surface area (Å²) in [6, 6.07) is 15.8. The molecule has 0 bridgehead atoms. The van der Waals surface area contributed by atoms with Gasteiger partial charge in [-0.15, -0.1) is 12.4 Å². The smallest absolute Gasteiger partial charge is 0.232 e. The van der Waals surface area contributed by atoms with Crippen molar-refractivity contribution in [3.63, 3.8) is 0 Å². The summed E-state index contributed by atoms with van der Waals surface area (Å²) in [4.78, 5) is 12.7. The third kappa shape index (κ3) is 4.28. The zero-order chi connectivity index (χ0) is 16.1. The van der Waals surface area contributed by atoms with E-state index in [2.05, 4.69) is 23.6 Å². The van der Waals surface area contributed by atoms with Crippen LogP contribution < -0.4 is 15.4 Å². The van der Waals surface area contributed by atoms with Crippen molar-refractivity contribution in [2.75, 3.05) is 18.5 Å². The molecule has 4 nitrogen and oxygen atoms in total. The fourth-order valence-corrected chi connectivity index (χ4v) is 2.87. The fourth-order valence-electron chi connectivity index (χ4n) is 2.87. The SMILES string of the molecule is CCNCc1cccc(NC(=O)C2CCOc3ccccc32)c1.Cl. The molecular formula is C19H23ClN2O2. The van der Waals surface area contributed by atoms with E-state index in [0.29, 0.717) is 13.0 Å². The van der Waals surface area contributed by atoms with Gasteiger partial charge in [0.2, 0.25) is 5.91 Å². The van der Waals surface area contributed by atoms with Crippen molar-refractivity contribution < 1.29 is 9.53 Å². The minimum atomic E-state index is -0.155. The Kier molecular flexibility index (Phi) is 6.64. The van der Waals surface area contributed by atoms with Crippen LogP contribution in [0.5, 0.6) is 5.75 Å². The molecule has 0 aromatic heterocycles. The zero-order valence-corrected chi connectivity index (χ0v) is 14.6. The molecule has 24 heavy (non-hydrogen) atoms. The van der Waals surface area contributed by atoms with Crippen LogP contribution in [0.25, 0.3) is 0 Å². The highest BCUT2D eigenvalue weighted by molar-refractivity contribution is 5.96. The number of fused-ring (bicyclic) bond motifs is 1. The lowest BCUT2D eigenvalue weighted by Gasteiger charge is -2.25. The van der Waals surface area contributed by atoms with Crippen molar-refractivity contribution in [2.45, 2.75) is 25.8 Å². The number of halogens is 1. The van der Waals surface area contributed by atoms with Gasteiger partial charge in [-0.1, -0.05) is 37.3 Å². The Bertz CT molecular complexity index is 691. The van der Waals surface area contributed by atoms with Gasteiger partial charge in [-0.25, -0.2) is 0 Å². The minimum absolute atomic E-state index is 0. The van der Waals surface area contributed by atoms with Crippen molar-refractivity contribution in [3.8, 4) is 5.75 Å². The summed E-state index contributed by atoms with van der Waals surface area (Å²) in [6.45, 7) is 4.39. The van der Waals surface area contributed by atoms with Gasteiger partial charge in [0, 0.05) is 17.8 Å². The number of hydrogen-bond donors (Lipinski definition) is 2. The third-order valence-electron chi connectivity index (χ3n) is 4.05. The molecule has 1 aliphatic heterocycles. The van der Waals surface area contributed by atoms with E-state index in [4.69, 9.17) is 4.74 Å². The highest BCUT2D eigenvalue weighted by atomic mass is 35.5. The third-order valence-corrected chi connectivity index (χ3v) is 4.05. The summed E-state index contributed by atoms with van der Waals surface area (Å²) in [5.41, 5.74) is 2.98. The van der Waals surface area contributed by atoms with Crippen LogP contribution in [0, 0.1) is 0 Å². The van der Waals surface area contributed by atoms with Crippen LogP contribution in [-0.4, -0.2) is 19.1 Å². The Morgan fingerprint density at radius 2 is 2.04 bits per heavy atom. The topological polar surface area (TPSA) is 50.4 Å². The summed E-state index contributed by atoms with van der Waals surface area (Å²) >= 11 is 0. The van der Waals surface area contributed by atoms with Crippen molar-refractivity contribution in [2.24, 2.45) is 0 Å². The van der Waals surface area contributed by atoms with Crippen molar-refractivity contribution in [3.05, 3.63) is 59.7 Å². The number of rotatable bonds is 5. The number of hydrogen-bond acceptors (Lipinski definition) is 3. The first-order valence-corrected chi connectivity index (χ1v) is 8.10. The molecule has 0 radical (unpaired) electrons. The lowest BCUT2D eigenvalue weighted by atomic mass is 9.92. The van der Waals surface area contributed by atoms with Crippen LogP contribution in [0.2, 0.25) is 0 Å². The maximum Gasteiger partial charge on any atom is 0.232 e. The lowest BCUT2D eigenvalue weighted by Crippen LogP contribution is -2.26. The second-order valence-corrected chi connectivity index (χ2v) is 5.70. The number of nitrogens with one attached hydrogen (secondary N) is 2. The van der Waals surface area contributed by atoms with Gasteiger partial charge >= 0.3 is 0 Å². The van der Waals surface area contributed by atoms with Crippen LogP contribution in [0.1, 0.15) is 30.4 Å². The van der Waals surface area contributed by atoms with E-state index in [-0.39, 0.29) is 24.2 Å². The zero-order valence-electron chi connectivity index (χ0n) is 13.7. The molecule has 1 amide bonds. The molecule has 3 rings (SSSR count). The van der Waals surface area contributed by atoms with E-state index < -0.39 is 0 Å². The number of ether oxygens (including phenoxy) is 1. The molecule has 2 N–H and O–H groups in total. The predicted octanol–water partition coefficient (Wildman–Crippen LogP) is 3.72. The van der Waals surface area contributed by atoms with Gasteiger partial charge in [-0.3, -0.25) is 4.79 Å². The first kappa shape index (κ1) is 18.3. The van der Waals surface area contributed by atoms with E-state index in [1.54, 1.807) is 0 Å². The second-order valence-electron chi connectivity index (χ2n) is 5.70. The van der Waals surface area contributed by atoms with Crippen molar-refractivity contribution in [1.82, 2.24) is 5.32 Å². The molecular weight excluding hydrogens is 324 g/mol. The van der Waals surface area contributed by atoms with Crippen LogP contribution in [-0.2, 0) is 11.3 Å². The monoisotopic (exact) mass is 346 g/mol. The van der Waals surface area contributed by atoms with Gasteiger partial charge in [0.05, 0.1) is 12.5 Å². The van der Waals surface area contributed by atoms with E-state index >= 15 is 0 Å². The number of carbonyl (C=O) groups excluding carboxylic acids is 1. The summed E-state index contributed by atoms with van der Waals surface area (Å²) in [5.74, 6) is 0.693. The quantitative estimate of drug-likeness (QED) is 0.867. The Hall–Kier alpha value is -2.04. The molecule has 0 spiro atoms. The molecule has 0 saturated heterocycles. The number of carbonyl (C=O) groups is 1. The Morgan fingerprint density at radius 1 is 1.21 bits per heavy atom. The molecule has 2 aromatic rings. The summed E-state index contributed by atoms with van der Waals surface area (Å²) in [6.07, 6.45) is 0.708. The van der Waals surface area contributed by atoms with Crippen LogP contribution in [0.4, 0.5) is 5.69 Å². The first-order chi connectivity index (χ1) is 11.3. The van der Waals surface area contributed by atoms with Gasteiger partial charge in [-0.2, -0.15) is 0 Å². The molecule has 0 aliphatic carbocycles. The molecule has 2 aromatic carbocycles. The summed E-state index contributed by atoms with van der Waals surface area (Å²) in [7, 11) is 0. The number of benzene rings is 2. The highest BCUT2D eigenvalue weighted by Crippen LogP contribution is 2.34. The van der Waals surface area contributed by atoms with Crippen LogP contribution >= 0.6 is 12.4 Å². The Morgan fingerprint density at radius 3 is 2.88 bits per heavy atom. The van der Waals surface area contributed by atoms with Crippen molar-refractivity contribution in [1.29, 1.82) is 0 Å². The fraction of sp³-hybridized carbons (Fsp3) is 0.316. The molecule has 1 heterocycles. The average Bonchev–Trinajstić information content (AvgIpc) is 2.59. The van der Waals surface area contributed by atoms with Gasteiger partial charge in [-0.05, 0) is 36.7 Å². The summed E-state index contributed by atoms with van der Waals surface area (Å²) in [5, 5.41) is 6.34. The molecule has 1 aliphatic rings. The van der Waals surface area contributed by atoms with E-state index in [9.17, 15) is 4.79 Å². The van der Waals surface area contributed by atoms with Gasteiger partial charge < -0.3 is 15.4 Å². The molecule has 5 heteroatoms. The molecule has 0 saturated carbocycles. The highest BCUT2D eigenvalue weighted by Gasteiger charge is 2.27. The molecule has 0 fully saturated rings. The number of anilines is 1. The van der Waals surface area contributed by atoms with E-state index in [0.717, 1.165) is 35.7 Å². The maximum absolute atomic E-state index is 12.7. The van der Waals surface area contributed by atoms with Crippen LogP contribution in [0.15, 0.2) is 48.5 Å². The first-order valence-electron chi connectivity index (χ1n) is 8.10. The van der Waals surface area contributed by atoms with Gasteiger partial charge in [0.15, 0.2) is 0 Å². The normalized spacial score (nSPS) is 15.6. The van der Waals surface area contributed by atoms with E-state index in [1.165, 1.54) is 0 Å². The number of para-hydroxylation sites is 1. The largest absolute Gasteiger partial charge is 0.493 e. The lowest BCUT2D eigenvalue weighted by molar-refractivity contribution is -0.118. The molecule has 128 valence electrons. The summed E-state index contributed by atoms with van der Waals surface area (Å²) < 4.78 is 5.63. The van der Waals surface area contributed by atoms with Crippen molar-refractivity contribution >= 4 is 24.0 Å². The number of amides is 1. The Balaban J connectivity index is 0.00000208. The van der Waals surface area contributed by atoms with Crippen LogP contribution in [0.3, 0.4) is 0 Å². The van der Waals surface area contributed by atoms with E-state index in [1.807, 2.05) is 42.5 Å². The predicted molar refractivity (Wildman–Crippen MR) is 99.0 cm³/mol. The standard InChI is InChI=1S/C19H22N2O2.ClH/c1-2-20-13-14-6-5-7-15(12-14)21-19(22)17-10-11-23-18-9-4-3-8-16(17)18;/h3-9,12,17,20H,2,10-11,13H2,1H3,(H,21,22);1H. The minimum Gasteiger partial charge on any atom is -0.493 e. The molecule has 1 unspecified atom stereocenters. The average molecular weight is 347 g/mol. The van der Waals surface area contributed by atoms with Gasteiger partial charge in [0.25, 0.3) is 0 Å². The Labute approximate surface area is 149 Å². The second kappa shape index (κ2) is 8.71. The maximum atomic E-state index is 12.7.